The molecule has 0 radical (unpaired) electrons. The third-order valence-electron chi connectivity index (χ3n) is 1.76. The van der Waals surface area contributed by atoms with E-state index in [9.17, 15) is 18.0 Å². The van der Waals surface area contributed by atoms with Crippen LogP contribution >= 0.6 is 0 Å². The van der Waals surface area contributed by atoms with E-state index >= 15 is 0 Å². The first-order valence-corrected chi connectivity index (χ1v) is 4.68. The van der Waals surface area contributed by atoms with Crippen LogP contribution in [0.2, 0.25) is 0 Å². The van der Waals surface area contributed by atoms with Crippen LogP contribution in [0.15, 0.2) is 0 Å². The average Bonchev–Trinajstić information content (AvgIpc) is 2.14. The molecule has 15 heavy (non-hydrogen) atoms. The van der Waals surface area contributed by atoms with E-state index in [2.05, 4.69) is 0 Å². The molecule has 90 valence electrons. The number of halogens is 3. The van der Waals surface area contributed by atoms with Crippen molar-refractivity contribution < 1.29 is 27.4 Å². The molecule has 6 heteroatoms. The summed E-state index contributed by atoms with van der Waals surface area (Å²) in [6, 6.07) is 0. The number of carbonyl (C=O) groups is 1. The van der Waals surface area contributed by atoms with Crippen molar-refractivity contribution in [1.82, 2.24) is 0 Å². The second-order valence-electron chi connectivity index (χ2n) is 2.93. The van der Waals surface area contributed by atoms with Crippen LogP contribution in [-0.2, 0) is 14.3 Å². The summed E-state index contributed by atoms with van der Waals surface area (Å²) in [6.45, 7) is 4.78. The SMILES string of the molecule is CCOC(OCC)C(C)C(=O)C(F)(F)F. The number of alkyl halides is 3. The number of hydrogen-bond acceptors (Lipinski definition) is 3. The molecular formula is C9H15F3O3. The maximum Gasteiger partial charge on any atom is 0.450 e. The van der Waals surface area contributed by atoms with Gasteiger partial charge >= 0.3 is 6.18 Å². The van der Waals surface area contributed by atoms with Crippen LogP contribution in [0.3, 0.4) is 0 Å². The third-order valence-corrected chi connectivity index (χ3v) is 1.76. The minimum absolute atomic E-state index is 0.195. The Morgan fingerprint density at radius 2 is 1.60 bits per heavy atom. The lowest BCUT2D eigenvalue weighted by atomic mass is 10.1. The van der Waals surface area contributed by atoms with Crippen molar-refractivity contribution >= 4 is 5.78 Å². The molecule has 0 heterocycles. The Kier molecular flexibility index (Phi) is 5.82. The first kappa shape index (κ1) is 14.4. The Balaban J connectivity index is 4.48. The molecule has 3 nitrogen and oxygen atoms in total. The molecule has 0 aliphatic rings. The standard InChI is InChI=1S/C9H15F3O3/c1-4-14-8(15-5-2)6(3)7(13)9(10,11)12/h6,8H,4-5H2,1-3H3. The highest BCUT2D eigenvalue weighted by Crippen LogP contribution is 2.24. The van der Waals surface area contributed by atoms with Crippen LogP contribution in [-0.4, -0.2) is 31.5 Å². The number of carbonyl (C=O) groups excluding carboxylic acids is 1. The molecule has 1 atom stereocenters. The summed E-state index contributed by atoms with van der Waals surface area (Å²) < 4.78 is 46.1. The van der Waals surface area contributed by atoms with Gasteiger partial charge in [-0.2, -0.15) is 13.2 Å². The van der Waals surface area contributed by atoms with Gasteiger partial charge in [0.25, 0.3) is 0 Å². The molecule has 1 unspecified atom stereocenters. The van der Waals surface area contributed by atoms with Crippen LogP contribution in [0.4, 0.5) is 13.2 Å². The van der Waals surface area contributed by atoms with E-state index in [1.807, 2.05) is 0 Å². The largest absolute Gasteiger partial charge is 0.450 e. The molecule has 0 aromatic heterocycles. The second-order valence-corrected chi connectivity index (χ2v) is 2.93. The van der Waals surface area contributed by atoms with Crippen molar-refractivity contribution in [2.24, 2.45) is 5.92 Å². The van der Waals surface area contributed by atoms with Crippen LogP contribution in [0.1, 0.15) is 20.8 Å². The van der Waals surface area contributed by atoms with Gasteiger partial charge in [0, 0.05) is 13.2 Å². The van der Waals surface area contributed by atoms with E-state index in [4.69, 9.17) is 9.47 Å². The molecule has 0 saturated carbocycles. The summed E-state index contributed by atoms with van der Waals surface area (Å²) in [4.78, 5) is 10.9. The monoisotopic (exact) mass is 228 g/mol. The maximum atomic E-state index is 12.1. The van der Waals surface area contributed by atoms with Gasteiger partial charge in [-0.05, 0) is 13.8 Å². The summed E-state index contributed by atoms with van der Waals surface area (Å²) in [5.41, 5.74) is 0. The quantitative estimate of drug-likeness (QED) is 0.653. The molecular weight excluding hydrogens is 213 g/mol. The molecule has 0 aliphatic carbocycles. The number of hydrogen-bond donors (Lipinski definition) is 0. The third kappa shape index (κ3) is 4.61. The normalized spacial score (nSPS) is 14.3. The van der Waals surface area contributed by atoms with Gasteiger partial charge in [-0.15, -0.1) is 0 Å². The van der Waals surface area contributed by atoms with Gasteiger partial charge in [-0.1, -0.05) is 6.92 Å². The van der Waals surface area contributed by atoms with Crippen molar-refractivity contribution in [1.29, 1.82) is 0 Å². The van der Waals surface area contributed by atoms with Crippen molar-refractivity contribution in [3.05, 3.63) is 0 Å². The van der Waals surface area contributed by atoms with Crippen molar-refractivity contribution in [3.63, 3.8) is 0 Å². The van der Waals surface area contributed by atoms with E-state index in [1.165, 1.54) is 0 Å². The van der Waals surface area contributed by atoms with Gasteiger partial charge in [0.15, 0.2) is 6.29 Å². The van der Waals surface area contributed by atoms with Gasteiger partial charge in [0.2, 0.25) is 5.78 Å². The molecule has 0 saturated heterocycles. The minimum atomic E-state index is -4.84. The van der Waals surface area contributed by atoms with Gasteiger partial charge in [0.1, 0.15) is 0 Å². The van der Waals surface area contributed by atoms with Crippen LogP contribution in [0, 0.1) is 5.92 Å². The Bertz CT molecular complexity index is 197. The predicted molar refractivity (Wildman–Crippen MR) is 47.3 cm³/mol. The summed E-state index contributed by atoms with van der Waals surface area (Å²) in [5.74, 6) is -3.17. The molecule has 0 aliphatic heterocycles. The van der Waals surface area contributed by atoms with Crippen molar-refractivity contribution in [2.75, 3.05) is 13.2 Å². The second kappa shape index (κ2) is 6.07. The Labute approximate surface area is 86.5 Å². The lowest BCUT2D eigenvalue weighted by molar-refractivity contribution is -0.201. The summed E-state index contributed by atoms with van der Waals surface area (Å²) in [7, 11) is 0. The molecule has 0 amide bonds. The summed E-state index contributed by atoms with van der Waals surface area (Å²) in [6.07, 6.45) is -5.97. The Hall–Kier alpha value is -0.620. The first-order valence-electron chi connectivity index (χ1n) is 4.68. The molecule has 0 N–H and O–H groups in total. The van der Waals surface area contributed by atoms with Gasteiger partial charge < -0.3 is 9.47 Å². The van der Waals surface area contributed by atoms with Crippen LogP contribution in [0.5, 0.6) is 0 Å². The van der Waals surface area contributed by atoms with Crippen molar-refractivity contribution in [3.8, 4) is 0 Å². The number of Topliss-reactive ketones (excluding diaryl/α,β-unsaturated/α-hetero) is 1. The zero-order chi connectivity index (χ0) is 12.1. The molecule has 0 spiro atoms. The molecule has 0 aromatic rings. The minimum Gasteiger partial charge on any atom is -0.352 e. The zero-order valence-electron chi connectivity index (χ0n) is 8.93. The van der Waals surface area contributed by atoms with E-state index in [1.54, 1.807) is 13.8 Å². The smallest absolute Gasteiger partial charge is 0.352 e. The summed E-state index contributed by atoms with van der Waals surface area (Å²) >= 11 is 0. The molecule has 0 bridgehead atoms. The van der Waals surface area contributed by atoms with Gasteiger partial charge in [-0.3, -0.25) is 4.79 Å². The summed E-state index contributed by atoms with van der Waals surface area (Å²) in [5, 5.41) is 0. The van der Waals surface area contributed by atoms with E-state index in [-0.39, 0.29) is 13.2 Å². The lowest BCUT2D eigenvalue weighted by Gasteiger charge is -2.23. The van der Waals surface area contributed by atoms with Gasteiger partial charge in [-0.25, -0.2) is 0 Å². The van der Waals surface area contributed by atoms with E-state index in [0.29, 0.717) is 0 Å². The van der Waals surface area contributed by atoms with Crippen LogP contribution < -0.4 is 0 Å². The highest BCUT2D eigenvalue weighted by molar-refractivity contribution is 5.86. The maximum absolute atomic E-state index is 12.1. The Morgan fingerprint density at radius 1 is 1.20 bits per heavy atom. The number of ketones is 1. The fraction of sp³-hybridized carbons (Fsp3) is 0.889. The van der Waals surface area contributed by atoms with E-state index < -0.39 is 24.2 Å². The molecule has 0 rings (SSSR count). The Morgan fingerprint density at radius 3 is 1.87 bits per heavy atom. The van der Waals surface area contributed by atoms with Crippen molar-refractivity contribution in [2.45, 2.75) is 33.2 Å². The van der Waals surface area contributed by atoms with Crippen LogP contribution in [0.25, 0.3) is 0 Å². The number of rotatable bonds is 6. The fourth-order valence-electron chi connectivity index (χ4n) is 1.05. The molecule has 0 fully saturated rings. The van der Waals surface area contributed by atoms with Gasteiger partial charge in [0.05, 0.1) is 5.92 Å². The molecule has 0 aromatic carbocycles. The zero-order valence-corrected chi connectivity index (χ0v) is 8.93. The highest BCUT2D eigenvalue weighted by Gasteiger charge is 2.44. The highest BCUT2D eigenvalue weighted by atomic mass is 19.4. The lowest BCUT2D eigenvalue weighted by Crippen LogP contribution is -2.38. The topological polar surface area (TPSA) is 35.5 Å². The first-order chi connectivity index (χ1) is 6.84. The number of ether oxygens (including phenoxy) is 2. The van der Waals surface area contributed by atoms with E-state index in [0.717, 1.165) is 6.92 Å². The average molecular weight is 228 g/mol. The fourth-order valence-corrected chi connectivity index (χ4v) is 1.05. The predicted octanol–water partition coefficient (Wildman–Crippen LogP) is 2.15.